The summed E-state index contributed by atoms with van der Waals surface area (Å²) in [7, 11) is -6.53. The Hall–Kier alpha value is -4.53. The summed E-state index contributed by atoms with van der Waals surface area (Å²) < 4.78 is 80.0. The number of H-pyrrole nitrogens is 1. The van der Waals surface area contributed by atoms with Crippen molar-refractivity contribution in [1.82, 2.24) is 24.8 Å². The van der Waals surface area contributed by atoms with Gasteiger partial charge in [-0.3, -0.25) is 4.79 Å². The van der Waals surface area contributed by atoms with Gasteiger partial charge in [0.1, 0.15) is 22.7 Å². The lowest BCUT2D eigenvalue weighted by Gasteiger charge is -2.40. The van der Waals surface area contributed by atoms with E-state index in [4.69, 9.17) is 0 Å². The van der Waals surface area contributed by atoms with E-state index in [1.165, 1.54) is 17.3 Å². The van der Waals surface area contributed by atoms with Crippen LogP contribution >= 0.6 is 10.2 Å². The van der Waals surface area contributed by atoms with Crippen LogP contribution in [0.1, 0.15) is 28.0 Å². The quantitative estimate of drug-likeness (QED) is 0.222. The number of rotatable bonds is 5. The highest BCUT2D eigenvalue weighted by molar-refractivity contribution is 8.45. The van der Waals surface area contributed by atoms with Gasteiger partial charge in [-0.2, -0.15) is 0 Å². The molecule has 0 bridgehead atoms. The number of benzene rings is 2. The van der Waals surface area contributed by atoms with Crippen LogP contribution in [0.4, 0.5) is 34.3 Å². The van der Waals surface area contributed by atoms with Gasteiger partial charge in [-0.05, 0) is 66.9 Å². The molecule has 15 heteroatoms. The molecule has 5 rings (SSSR count). The maximum atomic E-state index is 14.8. The Kier molecular flexibility index (Phi) is 6.79. The topological polar surface area (TPSA) is 94.2 Å². The lowest BCUT2D eigenvalue weighted by atomic mass is 10.00. The molecular formula is C28H26F6N6O2S. The standard InChI is InChI=1S/C28H26F6N6O2S/c1-16-21(12-19(29)13-23(16)38-27(41)18-4-6-20(7-5-18)43(30,31,32,33)34)25-22-14-24(37-26(22)36-15-35-25)17-8-10-40(11-9-17)28(42)39(2)3/h4-8,12-15H,9-11H2,1-3H3,(H,38,41)(H,35,36,37). The molecule has 1 aliphatic rings. The first kappa shape index (κ1) is 29.9. The van der Waals surface area contributed by atoms with Gasteiger partial charge in [0, 0.05) is 55.1 Å². The SMILES string of the molecule is Cc1c(NC(=O)c2ccc(S(F)(F)(F)(F)F)cc2)cc(F)cc1-c1ncnc2[nH]c(C3=CCN(C(=O)N(C)C)CC3)cc12. The number of nitrogens with one attached hydrogen (secondary N) is 2. The minimum atomic E-state index is -9.90. The maximum absolute atomic E-state index is 14.8. The van der Waals surface area contributed by atoms with E-state index in [0.29, 0.717) is 59.5 Å². The van der Waals surface area contributed by atoms with Crippen LogP contribution in [-0.2, 0) is 0 Å². The Morgan fingerprint density at radius 3 is 2.33 bits per heavy atom. The highest BCUT2D eigenvalue weighted by Gasteiger charge is 2.65. The van der Waals surface area contributed by atoms with Crippen molar-refractivity contribution in [3.05, 3.63) is 77.5 Å². The van der Waals surface area contributed by atoms with E-state index in [1.54, 1.807) is 25.9 Å². The van der Waals surface area contributed by atoms with Gasteiger partial charge in [0.2, 0.25) is 0 Å². The smallest absolute Gasteiger partial charge is 0.319 e. The van der Waals surface area contributed by atoms with Crippen molar-refractivity contribution >= 4 is 44.5 Å². The van der Waals surface area contributed by atoms with Crippen LogP contribution in [0.25, 0.3) is 27.9 Å². The zero-order valence-electron chi connectivity index (χ0n) is 23.1. The number of aromatic amines is 1. The molecule has 0 aliphatic carbocycles. The molecule has 1 aliphatic heterocycles. The monoisotopic (exact) mass is 624 g/mol. The van der Waals surface area contributed by atoms with Gasteiger partial charge in [0.25, 0.3) is 5.91 Å². The number of urea groups is 1. The van der Waals surface area contributed by atoms with Crippen LogP contribution in [0.3, 0.4) is 0 Å². The molecular weight excluding hydrogens is 598 g/mol. The first-order chi connectivity index (χ1) is 19.9. The van der Waals surface area contributed by atoms with Crippen LogP contribution in [0.5, 0.6) is 0 Å². The molecule has 2 aromatic carbocycles. The minimum absolute atomic E-state index is 0.0138. The Balaban J connectivity index is 1.44. The second kappa shape index (κ2) is 9.76. The van der Waals surface area contributed by atoms with Crippen molar-refractivity contribution in [1.29, 1.82) is 0 Å². The summed E-state index contributed by atoms with van der Waals surface area (Å²) in [6.45, 7) is 2.55. The number of anilines is 1. The van der Waals surface area contributed by atoms with Gasteiger partial charge in [0.15, 0.2) is 0 Å². The van der Waals surface area contributed by atoms with E-state index in [9.17, 15) is 33.4 Å². The van der Waals surface area contributed by atoms with Crippen molar-refractivity contribution in [2.75, 3.05) is 32.5 Å². The average Bonchev–Trinajstić information content (AvgIpc) is 3.38. The summed E-state index contributed by atoms with van der Waals surface area (Å²) in [5, 5.41) is 3.02. The lowest BCUT2D eigenvalue weighted by molar-refractivity contribution is 0.102. The van der Waals surface area contributed by atoms with Gasteiger partial charge < -0.3 is 20.1 Å². The van der Waals surface area contributed by atoms with Crippen LogP contribution < -0.4 is 5.32 Å². The predicted molar refractivity (Wildman–Crippen MR) is 153 cm³/mol. The molecule has 0 unspecified atom stereocenters. The molecule has 228 valence electrons. The Morgan fingerprint density at radius 2 is 1.72 bits per heavy atom. The molecule has 0 radical (unpaired) electrons. The zero-order chi connectivity index (χ0) is 31.4. The normalized spacial score (nSPS) is 15.5. The maximum Gasteiger partial charge on any atom is 0.319 e. The molecule has 0 fully saturated rings. The number of hydrogen-bond donors (Lipinski definition) is 2. The molecule has 43 heavy (non-hydrogen) atoms. The Morgan fingerprint density at radius 1 is 1.02 bits per heavy atom. The number of aromatic nitrogens is 3. The molecule has 0 saturated heterocycles. The third kappa shape index (κ3) is 6.16. The first-order valence-electron chi connectivity index (χ1n) is 12.9. The third-order valence-corrected chi connectivity index (χ3v) is 8.23. The molecule has 2 N–H and O–H groups in total. The summed E-state index contributed by atoms with van der Waals surface area (Å²) in [4.78, 5) is 38.0. The number of nitrogens with zero attached hydrogens (tertiary/aromatic N) is 4. The Bertz CT molecular complexity index is 1800. The number of halogens is 6. The van der Waals surface area contributed by atoms with Gasteiger partial charge in [-0.15, -0.1) is 0 Å². The molecule has 2 aromatic heterocycles. The van der Waals surface area contributed by atoms with Crippen LogP contribution in [0.2, 0.25) is 0 Å². The van der Waals surface area contributed by atoms with Crippen LogP contribution in [0, 0.1) is 12.7 Å². The fraction of sp³-hybridized carbons (Fsp3) is 0.214. The van der Waals surface area contributed by atoms with E-state index in [1.807, 2.05) is 12.1 Å². The number of fused-ring (bicyclic) bond motifs is 1. The average molecular weight is 625 g/mol. The van der Waals surface area contributed by atoms with Crippen molar-refractivity contribution in [3.63, 3.8) is 0 Å². The second-order valence-corrected chi connectivity index (χ2v) is 12.8. The van der Waals surface area contributed by atoms with Crippen molar-refractivity contribution < 1.29 is 33.4 Å². The van der Waals surface area contributed by atoms with Gasteiger partial charge in [0.05, 0.1) is 5.69 Å². The van der Waals surface area contributed by atoms with Gasteiger partial charge in [-0.1, -0.05) is 25.5 Å². The fourth-order valence-electron chi connectivity index (χ4n) is 4.81. The summed E-state index contributed by atoms with van der Waals surface area (Å²) in [6, 6.07) is 5.53. The molecule has 4 aromatic rings. The van der Waals surface area contributed by atoms with E-state index in [2.05, 4.69) is 20.3 Å². The number of hydrogen-bond acceptors (Lipinski definition) is 4. The first-order valence-corrected chi connectivity index (χ1v) is 14.8. The van der Waals surface area contributed by atoms with Gasteiger partial charge >= 0.3 is 16.3 Å². The van der Waals surface area contributed by atoms with E-state index in [-0.39, 0.29) is 29.4 Å². The molecule has 3 amide bonds. The largest absolute Gasteiger partial charge is 0.339 e. The highest BCUT2D eigenvalue weighted by atomic mass is 32.5. The van der Waals surface area contributed by atoms with E-state index < -0.39 is 26.8 Å². The highest BCUT2D eigenvalue weighted by Crippen LogP contribution is 3.02. The number of amides is 3. The predicted octanol–water partition coefficient (Wildman–Crippen LogP) is 7.75. The van der Waals surface area contributed by atoms with Crippen LogP contribution in [-0.4, -0.2) is 63.9 Å². The van der Waals surface area contributed by atoms with Crippen molar-refractivity contribution in [3.8, 4) is 11.3 Å². The van der Waals surface area contributed by atoms with E-state index >= 15 is 0 Å². The molecule has 0 spiro atoms. The summed E-state index contributed by atoms with van der Waals surface area (Å²) >= 11 is 0. The van der Waals surface area contributed by atoms with Gasteiger partial charge in [-0.25, -0.2) is 19.2 Å². The third-order valence-electron chi connectivity index (χ3n) is 7.07. The van der Waals surface area contributed by atoms with Crippen molar-refractivity contribution in [2.45, 2.75) is 18.2 Å². The summed E-state index contributed by atoms with van der Waals surface area (Å²) in [6.07, 6.45) is 3.83. The molecule has 3 heterocycles. The summed E-state index contributed by atoms with van der Waals surface area (Å²) in [5.41, 5.74) is 2.97. The molecule has 0 atom stereocenters. The number of carbonyl (C=O) groups is 2. The zero-order valence-corrected chi connectivity index (χ0v) is 23.9. The number of carbonyl (C=O) groups excluding carboxylic acids is 2. The Labute approximate surface area is 242 Å². The minimum Gasteiger partial charge on any atom is -0.339 e. The molecule has 8 nitrogen and oxygen atoms in total. The lowest BCUT2D eigenvalue weighted by Crippen LogP contribution is -2.41. The van der Waals surface area contributed by atoms with Crippen LogP contribution in [0.15, 0.2) is 59.8 Å². The molecule has 0 saturated carbocycles. The summed E-state index contributed by atoms with van der Waals surface area (Å²) in [5.74, 6) is -1.65. The van der Waals surface area contributed by atoms with Crippen molar-refractivity contribution in [2.24, 2.45) is 0 Å². The van der Waals surface area contributed by atoms with E-state index in [0.717, 1.165) is 17.3 Å². The fourth-order valence-corrected chi connectivity index (χ4v) is 5.46. The second-order valence-electron chi connectivity index (χ2n) is 10.3.